The number of carbonyl (C=O) groups is 1. The molecule has 0 bridgehead atoms. The van der Waals surface area contributed by atoms with Crippen molar-refractivity contribution < 1.29 is 4.79 Å². The summed E-state index contributed by atoms with van der Waals surface area (Å²) < 4.78 is 0. The molecular formula is C29H36N4O. The highest BCUT2D eigenvalue weighted by atomic mass is 16.1. The van der Waals surface area contributed by atoms with E-state index in [0.717, 1.165) is 23.4 Å². The van der Waals surface area contributed by atoms with Gasteiger partial charge in [-0.25, -0.2) is 5.43 Å². The normalized spacial score (nSPS) is 20.3. The summed E-state index contributed by atoms with van der Waals surface area (Å²) in [5.41, 5.74) is 5.98. The van der Waals surface area contributed by atoms with Crippen LogP contribution in [0.25, 0.3) is 0 Å². The van der Waals surface area contributed by atoms with Gasteiger partial charge in [-0.2, -0.15) is 0 Å². The predicted molar refractivity (Wildman–Crippen MR) is 141 cm³/mol. The maximum atomic E-state index is 13.5. The zero-order valence-electron chi connectivity index (χ0n) is 20.5. The second-order valence-electron chi connectivity index (χ2n) is 8.43. The van der Waals surface area contributed by atoms with Crippen LogP contribution in [0.5, 0.6) is 0 Å². The molecule has 1 amide bonds. The van der Waals surface area contributed by atoms with Gasteiger partial charge in [-0.15, -0.1) is 0 Å². The van der Waals surface area contributed by atoms with Crippen LogP contribution in [-0.2, 0) is 4.79 Å². The van der Waals surface area contributed by atoms with E-state index in [1.165, 1.54) is 0 Å². The van der Waals surface area contributed by atoms with Gasteiger partial charge in [0.2, 0.25) is 0 Å². The van der Waals surface area contributed by atoms with E-state index in [4.69, 9.17) is 0 Å². The van der Waals surface area contributed by atoms with Crippen molar-refractivity contribution in [1.29, 1.82) is 0 Å². The molecule has 1 fully saturated rings. The van der Waals surface area contributed by atoms with Crippen LogP contribution >= 0.6 is 0 Å². The maximum Gasteiger partial charge on any atom is 0.251 e. The zero-order valence-corrected chi connectivity index (χ0v) is 20.5. The van der Waals surface area contributed by atoms with Crippen molar-refractivity contribution in [1.82, 2.24) is 21.1 Å². The molecule has 1 aliphatic heterocycles. The van der Waals surface area contributed by atoms with Crippen LogP contribution in [0, 0.1) is 0 Å². The van der Waals surface area contributed by atoms with Gasteiger partial charge in [-0.1, -0.05) is 97.1 Å². The first-order chi connectivity index (χ1) is 16.5. The molecule has 2 atom stereocenters. The third-order valence-corrected chi connectivity index (χ3v) is 5.95. The molecule has 2 aromatic rings. The lowest BCUT2D eigenvalue weighted by atomic mass is 9.98. The Kier molecular flexibility index (Phi) is 9.30. The summed E-state index contributed by atoms with van der Waals surface area (Å²) in [7, 11) is 1.89. The molecule has 2 unspecified atom stereocenters. The van der Waals surface area contributed by atoms with E-state index >= 15 is 0 Å². The smallest absolute Gasteiger partial charge is 0.251 e. The largest absolute Gasteiger partial charge is 0.364 e. The summed E-state index contributed by atoms with van der Waals surface area (Å²) in [5.74, 6) is 0.691. The topological polar surface area (TPSA) is 56.4 Å². The first-order valence-electron chi connectivity index (χ1n) is 11.9. The standard InChI is InChI=1S/C29H36N4O/c1-5-6-7-8-15-20-26-21-22(2)33(30-4)28(31-26)23(3)29(34)32-27(24-16-11-9-12-17-24)25-18-13-10-14-19-25/h5-20,22,26-27,30-31H,21H2,1-4H3,(H,32,34)/b6-5-,8-7-,20-15+,28-23+. The average Bonchev–Trinajstić information content (AvgIpc) is 2.87. The Balaban J connectivity index is 1.86. The lowest BCUT2D eigenvalue weighted by Gasteiger charge is -2.41. The van der Waals surface area contributed by atoms with Gasteiger partial charge in [0.05, 0.1) is 11.6 Å². The number of allylic oxidation sites excluding steroid dienone is 5. The van der Waals surface area contributed by atoms with Crippen molar-refractivity contribution in [3.05, 3.63) is 120 Å². The molecule has 34 heavy (non-hydrogen) atoms. The zero-order chi connectivity index (χ0) is 24.3. The van der Waals surface area contributed by atoms with Gasteiger partial charge in [0.25, 0.3) is 5.91 Å². The summed E-state index contributed by atoms with van der Waals surface area (Å²) in [6.07, 6.45) is 13.1. The fourth-order valence-electron chi connectivity index (χ4n) is 4.18. The Morgan fingerprint density at radius 3 is 2.15 bits per heavy atom. The molecule has 178 valence electrons. The molecule has 3 N–H and O–H groups in total. The van der Waals surface area contributed by atoms with E-state index in [2.05, 4.69) is 29.1 Å². The maximum absolute atomic E-state index is 13.5. The van der Waals surface area contributed by atoms with Crippen LogP contribution < -0.4 is 16.1 Å². The number of nitrogens with one attached hydrogen (secondary N) is 3. The predicted octanol–water partition coefficient (Wildman–Crippen LogP) is 5.00. The van der Waals surface area contributed by atoms with Crippen LogP contribution in [0.15, 0.2) is 109 Å². The second-order valence-corrected chi connectivity index (χ2v) is 8.43. The van der Waals surface area contributed by atoms with Gasteiger partial charge < -0.3 is 10.6 Å². The molecule has 1 saturated heterocycles. The monoisotopic (exact) mass is 456 g/mol. The Morgan fingerprint density at radius 1 is 1.00 bits per heavy atom. The Hall–Kier alpha value is -3.57. The van der Waals surface area contributed by atoms with Crippen LogP contribution in [0.3, 0.4) is 0 Å². The van der Waals surface area contributed by atoms with E-state index in [1.807, 2.05) is 117 Å². The molecule has 1 aliphatic rings. The second kappa shape index (κ2) is 12.6. The minimum absolute atomic E-state index is 0.106. The van der Waals surface area contributed by atoms with Crippen molar-refractivity contribution in [2.24, 2.45) is 0 Å². The van der Waals surface area contributed by atoms with Gasteiger partial charge in [-0.05, 0) is 38.3 Å². The molecule has 2 aromatic carbocycles. The van der Waals surface area contributed by atoms with Crippen LogP contribution in [-0.4, -0.2) is 30.0 Å². The van der Waals surface area contributed by atoms with E-state index in [9.17, 15) is 4.79 Å². The van der Waals surface area contributed by atoms with E-state index in [0.29, 0.717) is 5.57 Å². The van der Waals surface area contributed by atoms with Crippen molar-refractivity contribution in [3.63, 3.8) is 0 Å². The van der Waals surface area contributed by atoms with Crippen molar-refractivity contribution >= 4 is 5.91 Å². The summed E-state index contributed by atoms with van der Waals surface area (Å²) in [4.78, 5) is 13.5. The summed E-state index contributed by atoms with van der Waals surface area (Å²) in [6, 6.07) is 20.3. The third-order valence-electron chi connectivity index (χ3n) is 5.95. The first kappa shape index (κ1) is 25.1. The molecule has 5 nitrogen and oxygen atoms in total. The number of nitrogens with zero attached hydrogens (tertiary/aromatic N) is 1. The van der Waals surface area contributed by atoms with E-state index in [-0.39, 0.29) is 24.0 Å². The van der Waals surface area contributed by atoms with E-state index < -0.39 is 0 Å². The van der Waals surface area contributed by atoms with Gasteiger partial charge in [0, 0.05) is 19.1 Å². The van der Waals surface area contributed by atoms with Crippen LogP contribution in [0.2, 0.25) is 0 Å². The molecule has 0 aromatic heterocycles. The van der Waals surface area contributed by atoms with Gasteiger partial charge in [0.15, 0.2) is 0 Å². The first-order valence-corrected chi connectivity index (χ1v) is 11.9. The van der Waals surface area contributed by atoms with Crippen molar-refractivity contribution in [2.75, 3.05) is 7.05 Å². The molecule has 3 rings (SSSR count). The molecule has 1 heterocycles. The van der Waals surface area contributed by atoms with Gasteiger partial charge in [-0.3, -0.25) is 9.80 Å². The quantitative estimate of drug-likeness (QED) is 0.387. The highest BCUT2D eigenvalue weighted by molar-refractivity contribution is 5.94. The molecule has 0 spiro atoms. The van der Waals surface area contributed by atoms with Crippen molar-refractivity contribution in [2.45, 2.75) is 45.3 Å². The molecule has 5 heteroatoms. The molecule has 0 saturated carbocycles. The SMILES string of the molecule is C\C=C/C=C\C=C\C1CC(C)N(NC)/C(=C(\C)C(=O)NC(c2ccccc2)c2ccccc2)N1. The third kappa shape index (κ3) is 6.49. The van der Waals surface area contributed by atoms with Crippen molar-refractivity contribution in [3.8, 4) is 0 Å². The van der Waals surface area contributed by atoms with Crippen LogP contribution in [0.1, 0.15) is 44.4 Å². The number of benzene rings is 2. The highest BCUT2D eigenvalue weighted by Crippen LogP contribution is 2.24. The minimum Gasteiger partial charge on any atom is -0.364 e. The number of hydrazine groups is 1. The number of rotatable bonds is 8. The lowest BCUT2D eigenvalue weighted by molar-refractivity contribution is -0.118. The molecular weight excluding hydrogens is 420 g/mol. The number of carbonyl (C=O) groups excluding carboxylic acids is 1. The number of hydrogen-bond acceptors (Lipinski definition) is 4. The summed E-state index contributed by atoms with van der Waals surface area (Å²) >= 11 is 0. The average molecular weight is 457 g/mol. The Labute approximate surface area is 203 Å². The lowest BCUT2D eigenvalue weighted by Crippen LogP contribution is -2.55. The molecule has 0 radical (unpaired) electrons. The van der Waals surface area contributed by atoms with Gasteiger partial charge >= 0.3 is 0 Å². The number of hydrogen-bond donors (Lipinski definition) is 3. The Morgan fingerprint density at radius 2 is 1.59 bits per heavy atom. The Bertz CT molecular complexity index is 1000. The van der Waals surface area contributed by atoms with Crippen LogP contribution in [0.4, 0.5) is 0 Å². The molecule has 0 aliphatic carbocycles. The summed E-state index contributed by atoms with van der Waals surface area (Å²) in [5, 5.41) is 8.85. The highest BCUT2D eigenvalue weighted by Gasteiger charge is 2.30. The summed E-state index contributed by atoms with van der Waals surface area (Å²) in [6.45, 7) is 6.03. The fraction of sp³-hybridized carbons (Fsp3) is 0.276. The fourth-order valence-corrected chi connectivity index (χ4v) is 4.18. The number of amides is 1. The van der Waals surface area contributed by atoms with Gasteiger partial charge in [0.1, 0.15) is 5.82 Å². The minimum atomic E-state index is -0.234. The van der Waals surface area contributed by atoms with E-state index in [1.54, 1.807) is 0 Å².